The van der Waals surface area contributed by atoms with Gasteiger partial charge in [0.15, 0.2) is 0 Å². The number of nitrogens with zero attached hydrogens (tertiary/aromatic N) is 3. The normalized spacial score (nSPS) is 23.9. The molecule has 0 spiro atoms. The van der Waals surface area contributed by atoms with E-state index in [1.807, 2.05) is 14.0 Å². The molecule has 37 heavy (non-hydrogen) atoms. The lowest BCUT2D eigenvalue weighted by atomic mass is 9.98. The van der Waals surface area contributed by atoms with Crippen molar-refractivity contribution >= 4 is 22.6 Å². The molecule has 1 saturated heterocycles. The maximum absolute atomic E-state index is 12.0. The number of likely N-dealkylation sites (tertiary alicyclic amines) is 1. The lowest BCUT2D eigenvalue weighted by molar-refractivity contribution is -0.116. The number of hydrogen-bond acceptors (Lipinski definition) is 4. The van der Waals surface area contributed by atoms with E-state index in [1.165, 1.54) is 40.9 Å². The summed E-state index contributed by atoms with van der Waals surface area (Å²) in [5.41, 5.74) is 7.44. The Morgan fingerprint density at radius 1 is 1.11 bits per heavy atom. The zero-order valence-electron chi connectivity index (χ0n) is 22.5. The van der Waals surface area contributed by atoms with Gasteiger partial charge in [0.25, 0.3) is 0 Å². The monoisotopic (exact) mass is 500 g/mol. The van der Waals surface area contributed by atoms with Gasteiger partial charge in [0.05, 0.1) is 23.2 Å². The first-order chi connectivity index (χ1) is 18.0. The molecular formula is C31H40N4O2. The average Bonchev–Trinajstić information content (AvgIpc) is 3.55. The number of benzene rings is 2. The largest absolute Gasteiger partial charge is 0.378 e. The lowest BCUT2D eigenvalue weighted by Crippen LogP contribution is -2.47. The number of piperidine rings is 1. The highest BCUT2D eigenvalue weighted by Crippen LogP contribution is 2.43. The molecule has 1 aromatic heterocycles. The van der Waals surface area contributed by atoms with Crippen LogP contribution in [0.2, 0.25) is 0 Å². The summed E-state index contributed by atoms with van der Waals surface area (Å²) in [5.74, 6) is 2.60. The van der Waals surface area contributed by atoms with Gasteiger partial charge < -0.3 is 19.5 Å². The fourth-order valence-electron chi connectivity index (χ4n) is 6.60. The van der Waals surface area contributed by atoms with E-state index in [-0.39, 0.29) is 12.0 Å². The number of imidazole rings is 1. The second kappa shape index (κ2) is 10.2. The summed E-state index contributed by atoms with van der Waals surface area (Å²) in [6, 6.07) is 13.5. The van der Waals surface area contributed by atoms with Gasteiger partial charge in [-0.3, -0.25) is 4.79 Å². The molecule has 2 aromatic carbocycles. The van der Waals surface area contributed by atoms with Crippen molar-refractivity contribution in [3.05, 3.63) is 58.9 Å². The number of carbonyl (C=O) groups is 1. The molecule has 3 aliphatic rings. The van der Waals surface area contributed by atoms with Crippen LogP contribution in [-0.2, 0) is 22.4 Å². The molecule has 196 valence electrons. The molecule has 1 saturated carbocycles. The summed E-state index contributed by atoms with van der Waals surface area (Å²) in [4.78, 5) is 19.7. The Bertz CT molecular complexity index is 1290. The van der Waals surface area contributed by atoms with E-state index in [0.29, 0.717) is 24.3 Å². The number of methoxy groups -OCH3 is 1. The molecule has 3 aromatic rings. The number of aromatic nitrogens is 2. The molecule has 2 fully saturated rings. The molecule has 3 atom stereocenters. The maximum Gasteiger partial charge on any atom is 0.224 e. The lowest BCUT2D eigenvalue weighted by Gasteiger charge is -2.40. The van der Waals surface area contributed by atoms with Gasteiger partial charge in [0.1, 0.15) is 5.82 Å². The molecule has 6 heteroatoms. The maximum atomic E-state index is 12.0. The van der Waals surface area contributed by atoms with Crippen molar-refractivity contribution in [1.29, 1.82) is 0 Å². The quantitative estimate of drug-likeness (QED) is 0.435. The molecule has 0 radical (unpaired) electrons. The van der Waals surface area contributed by atoms with Crippen LogP contribution in [0.4, 0.5) is 5.69 Å². The SMILES string of the molecule is CCCC(=O)Nc1ccc2c(c1)C[C@H](CN1CC[C@@H](n3c(C4CC4)nc4cc(C)ccc43)[C@H](OC)C1)C2. The summed E-state index contributed by atoms with van der Waals surface area (Å²) >= 11 is 0. The molecule has 0 unspecified atom stereocenters. The predicted molar refractivity (Wildman–Crippen MR) is 148 cm³/mol. The van der Waals surface area contributed by atoms with Crippen LogP contribution in [0, 0.1) is 12.8 Å². The van der Waals surface area contributed by atoms with Gasteiger partial charge in [-0.2, -0.15) is 0 Å². The molecule has 6 rings (SSSR count). The summed E-state index contributed by atoms with van der Waals surface area (Å²) in [6.45, 7) is 7.33. The Hall–Kier alpha value is -2.70. The van der Waals surface area contributed by atoms with Crippen LogP contribution in [0.25, 0.3) is 11.0 Å². The van der Waals surface area contributed by atoms with Crippen molar-refractivity contribution in [3.63, 3.8) is 0 Å². The second-order valence-electron chi connectivity index (χ2n) is 11.6. The first-order valence-electron chi connectivity index (χ1n) is 14.2. The highest BCUT2D eigenvalue weighted by Gasteiger charge is 2.38. The minimum Gasteiger partial charge on any atom is -0.378 e. The third-order valence-corrected chi connectivity index (χ3v) is 8.56. The zero-order chi connectivity index (χ0) is 25.5. The highest BCUT2D eigenvalue weighted by molar-refractivity contribution is 5.90. The Balaban J connectivity index is 1.13. The number of ether oxygens (including phenoxy) is 1. The van der Waals surface area contributed by atoms with Crippen LogP contribution < -0.4 is 5.32 Å². The van der Waals surface area contributed by atoms with Gasteiger partial charge in [-0.15, -0.1) is 0 Å². The van der Waals surface area contributed by atoms with E-state index in [2.05, 4.69) is 58.1 Å². The van der Waals surface area contributed by atoms with E-state index in [1.54, 1.807) is 0 Å². The Labute approximate surface area is 220 Å². The van der Waals surface area contributed by atoms with Crippen LogP contribution in [0.3, 0.4) is 0 Å². The number of rotatable bonds is 8. The number of fused-ring (bicyclic) bond motifs is 2. The van der Waals surface area contributed by atoms with Crippen molar-refractivity contribution in [2.24, 2.45) is 5.92 Å². The van der Waals surface area contributed by atoms with Crippen LogP contribution >= 0.6 is 0 Å². The average molecular weight is 501 g/mol. The Morgan fingerprint density at radius 3 is 2.73 bits per heavy atom. The summed E-state index contributed by atoms with van der Waals surface area (Å²) in [7, 11) is 1.88. The number of nitrogens with one attached hydrogen (secondary N) is 1. The van der Waals surface area contributed by atoms with Crippen LogP contribution in [-0.4, -0.2) is 53.2 Å². The van der Waals surface area contributed by atoms with E-state index >= 15 is 0 Å². The first-order valence-corrected chi connectivity index (χ1v) is 14.2. The fourth-order valence-corrected chi connectivity index (χ4v) is 6.60. The molecular weight excluding hydrogens is 460 g/mol. The summed E-state index contributed by atoms with van der Waals surface area (Å²) < 4.78 is 8.69. The van der Waals surface area contributed by atoms with Crippen molar-refractivity contribution in [1.82, 2.24) is 14.5 Å². The van der Waals surface area contributed by atoms with Crippen molar-refractivity contribution in [2.75, 3.05) is 32.1 Å². The second-order valence-corrected chi connectivity index (χ2v) is 11.6. The van der Waals surface area contributed by atoms with Crippen LogP contribution in [0.15, 0.2) is 36.4 Å². The number of amides is 1. The van der Waals surface area contributed by atoms with E-state index in [9.17, 15) is 4.79 Å². The molecule has 2 heterocycles. The first kappa shape index (κ1) is 24.6. The van der Waals surface area contributed by atoms with Gasteiger partial charge in [-0.1, -0.05) is 19.1 Å². The Kier molecular flexibility index (Phi) is 6.80. The van der Waals surface area contributed by atoms with Crippen LogP contribution in [0.1, 0.15) is 73.5 Å². The number of anilines is 1. The number of aryl methyl sites for hydroxylation is 1. The third-order valence-electron chi connectivity index (χ3n) is 8.56. The van der Waals surface area contributed by atoms with E-state index in [4.69, 9.17) is 9.72 Å². The topological polar surface area (TPSA) is 59.4 Å². The summed E-state index contributed by atoms with van der Waals surface area (Å²) in [6.07, 6.45) is 7.41. The highest BCUT2D eigenvalue weighted by atomic mass is 16.5. The van der Waals surface area contributed by atoms with Gasteiger partial charge in [0, 0.05) is 44.8 Å². The van der Waals surface area contributed by atoms with E-state index in [0.717, 1.165) is 56.5 Å². The Morgan fingerprint density at radius 2 is 1.95 bits per heavy atom. The minimum absolute atomic E-state index is 0.108. The van der Waals surface area contributed by atoms with Crippen molar-refractivity contribution in [3.8, 4) is 0 Å². The van der Waals surface area contributed by atoms with Gasteiger partial charge in [-0.05, 0) is 92.3 Å². The zero-order valence-corrected chi connectivity index (χ0v) is 22.5. The molecule has 1 amide bonds. The predicted octanol–water partition coefficient (Wildman–Crippen LogP) is 5.64. The number of hydrogen-bond donors (Lipinski definition) is 1. The van der Waals surface area contributed by atoms with Crippen LogP contribution in [0.5, 0.6) is 0 Å². The fraction of sp³-hybridized carbons (Fsp3) is 0.548. The molecule has 1 aliphatic heterocycles. The molecule has 1 N–H and O–H groups in total. The van der Waals surface area contributed by atoms with E-state index < -0.39 is 0 Å². The van der Waals surface area contributed by atoms with Crippen molar-refractivity contribution < 1.29 is 9.53 Å². The van der Waals surface area contributed by atoms with Gasteiger partial charge in [-0.25, -0.2) is 4.98 Å². The molecule has 6 nitrogen and oxygen atoms in total. The standard InChI is InChI=1S/C31H40N4O2/c1-4-5-30(36)32-25-10-9-23-15-21(16-24(23)17-25)18-34-13-12-28(29(19-34)37-3)35-27-11-6-20(2)14-26(27)33-31(35)22-7-8-22/h6,9-11,14,17,21-22,28-29H,4-5,7-8,12-13,15-16,18-19H2,1-3H3,(H,32,36)/t21-,28-,29-/m1/s1. The molecule has 0 bridgehead atoms. The number of carbonyl (C=O) groups excluding carboxylic acids is 1. The smallest absolute Gasteiger partial charge is 0.224 e. The van der Waals surface area contributed by atoms with Crippen molar-refractivity contribution in [2.45, 2.75) is 76.9 Å². The molecule has 2 aliphatic carbocycles. The summed E-state index contributed by atoms with van der Waals surface area (Å²) in [5, 5.41) is 3.06. The minimum atomic E-state index is 0.108. The third kappa shape index (κ3) is 5.06. The van der Waals surface area contributed by atoms with Gasteiger partial charge >= 0.3 is 0 Å². The van der Waals surface area contributed by atoms with Gasteiger partial charge in [0.2, 0.25) is 5.91 Å².